The average Bonchev–Trinajstić information content (AvgIpc) is 2.85. The SMILES string of the molecule is O=C(Nc1ccccc1F)C1CC2CCCCC2N1. The molecule has 3 unspecified atom stereocenters. The molecule has 2 N–H and O–H groups in total. The van der Waals surface area contributed by atoms with E-state index in [4.69, 9.17) is 0 Å². The monoisotopic (exact) mass is 262 g/mol. The molecule has 2 aliphatic rings. The second-order valence-electron chi connectivity index (χ2n) is 5.58. The van der Waals surface area contributed by atoms with Crippen molar-refractivity contribution in [1.29, 1.82) is 0 Å². The van der Waals surface area contributed by atoms with Crippen LogP contribution in [0.25, 0.3) is 0 Å². The number of anilines is 1. The van der Waals surface area contributed by atoms with E-state index in [2.05, 4.69) is 10.6 Å². The lowest BCUT2D eigenvalue weighted by Gasteiger charge is -2.24. The van der Waals surface area contributed by atoms with Gasteiger partial charge in [0, 0.05) is 6.04 Å². The van der Waals surface area contributed by atoms with Crippen LogP contribution >= 0.6 is 0 Å². The van der Waals surface area contributed by atoms with E-state index in [-0.39, 0.29) is 23.5 Å². The van der Waals surface area contributed by atoms with E-state index in [1.54, 1.807) is 18.2 Å². The van der Waals surface area contributed by atoms with Gasteiger partial charge in [-0.25, -0.2) is 4.39 Å². The molecule has 3 nitrogen and oxygen atoms in total. The van der Waals surface area contributed by atoms with Crippen molar-refractivity contribution in [2.45, 2.75) is 44.2 Å². The second-order valence-corrected chi connectivity index (χ2v) is 5.58. The first-order chi connectivity index (χ1) is 9.24. The third kappa shape index (κ3) is 2.63. The van der Waals surface area contributed by atoms with E-state index in [9.17, 15) is 9.18 Å². The number of para-hydroxylation sites is 1. The molecule has 0 aromatic heterocycles. The van der Waals surface area contributed by atoms with E-state index in [1.165, 1.54) is 25.3 Å². The smallest absolute Gasteiger partial charge is 0.241 e. The molecule has 1 aromatic rings. The van der Waals surface area contributed by atoms with Crippen molar-refractivity contribution < 1.29 is 9.18 Å². The van der Waals surface area contributed by atoms with Gasteiger partial charge in [0.2, 0.25) is 5.91 Å². The van der Waals surface area contributed by atoms with Gasteiger partial charge in [-0.15, -0.1) is 0 Å². The molecular weight excluding hydrogens is 243 g/mol. The van der Waals surface area contributed by atoms with Crippen molar-refractivity contribution in [3.63, 3.8) is 0 Å². The van der Waals surface area contributed by atoms with Crippen LogP contribution in [-0.2, 0) is 4.79 Å². The first-order valence-electron chi connectivity index (χ1n) is 7.05. The molecule has 102 valence electrons. The van der Waals surface area contributed by atoms with Gasteiger partial charge in [-0.2, -0.15) is 0 Å². The van der Waals surface area contributed by atoms with Gasteiger partial charge in [-0.1, -0.05) is 25.0 Å². The van der Waals surface area contributed by atoms with Crippen LogP contribution in [0.2, 0.25) is 0 Å². The Morgan fingerprint density at radius 2 is 2.05 bits per heavy atom. The molecule has 3 rings (SSSR count). The van der Waals surface area contributed by atoms with Crippen molar-refractivity contribution in [1.82, 2.24) is 5.32 Å². The molecule has 4 heteroatoms. The zero-order chi connectivity index (χ0) is 13.2. The zero-order valence-corrected chi connectivity index (χ0v) is 10.9. The lowest BCUT2D eigenvalue weighted by molar-refractivity contribution is -0.117. The number of carbonyl (C=O) groups is 1. The van der Waals surface area contributed by atoms with E-state index in [1.807, 2.05) is 0 Å². The van der Waals surface area contributed by atoms with Crippen LogP contribution in [0.4, 0.5) is 10.1 Å². The largest absolute Gasteiger partial charge is 0.322 e. The summed E-state index contributed by atoms with van der Waals surface area (Å²) in [5, 5.41) is 6.08. The standard InChI is InChI=1S/C15H19FN2O/c16-11-6-2-4-8-13(11)18-15(19)14-9-10-5-1-3-7-12(10)17-14/h2,4,6,8,10,12,14,17H,1,3,5,7,9H2,(H,18,19). The normalized spacial score (nSPS) is 29.8. The van der Waals surface area contributed by atoms with Gasteiger partial charge < -0.3 is 10.6 Å². The van der Waals surface area contributed by atoms with Crippen molar-refractivity contribution in [3.8, 4) is 0 Å². The maximum Gasteiger partial charge on any atom is 0.241 e. The van der Waals surface area contributed by atoms with Gasteiger partial charge in [0.05, 0.1) is 11.7 Å². The quantitative estimate of drug-likeness (QED) is 0.860. The number of amides is 1. The van der Waals surface area contributed by atoms with Crippen LogP contribution in [0, 0.1) is 11.7 Å². The van der Waals surface area contributed by atoms with E-state index < -0.39 is 0 Å². The Kier molecular flexibility index (Phi) is 3.51. The maximum absolute atomic E-state index is 13.5. The Morgan fingerprint density at radius 1 is 1.26 bits per heavy atom. The Morgan fingerprint density at radius 3 is 2.84 bits per heavy atom. The third-order valence-corrected chi connectivity index (χ3v) is 4.31. The summed E-state index contributed by atoms with van der Waals surface area (Å²) < 4.78 is 13.5. The summed E-state index contributed by atoms with van der Waals surface area (Å²) in [7, 11) is 0. The minimum Gasteiger partial charge on any atom is -0.322 e. The number of nitrogens with one attached hydrogen (secondary N) is 2. The molecule has 1 aliphatic heterocycles. The van der Waals surface area contributed by atoms with Crippen molar-refractivity contribution in [3.05, 3.63) is 30.1 Å². The van der Waals surface area contributed by atoms with Crippen molar-refractivity contribution >= 4 is 11.6 Å². The highest BCUT2D eigenvalue weighted by Crippen LogP contribution is 2.33. The van der Waals surface area contributed by atoms with Gasteiger partial charge in [-0.3, -0.25) is 4.79 Å². The van der Waals surface area contributed by atoms with Crippen molar-refractivity contribution in [2.75, 3.05) is 5.32 Å². The number of benzene rings is 1. The minimum atomic E-state index is -0.383. The fraction of sp³-hybridized carbons (Fsp3) is 0.533. The van der Waals surface area contributed by atoms with Crippen LogP contribution in [0.15, 0.2) is 24.3 Å². The molecule has 0 bridgehead atoms. The fourth-order valence-corrected chi connectivity index (χ4v) is 3.30. The summed E-state index contributed by atoms with van der Waals surface area (Å²) in [6.45, 7) is 0. The topological polar surface area (TPSA) is 41.1 Å². The first-order valence-corrected chi connectivity index (χ1v) is 7.05. The Bertz CT molecular complexity index is 463. The van der Waals surface area contributed by atoms with Crippen LogP contribution in [0.1, 0.15) is 32.1 Å². The lowest BCUT2D eigenvalue weighted by Crippen LogP contribution is -2.40. The Labute approximate surface area is 112 Å². The molecule has 0 radical (unpaired) electrons. The summed E-state index contributed by atoms with van der Waals surface area (Å²) in [6, 6.07) is 6.60. The summed E-state index contributed by atoms with van der Waals surface area (Å²) in [5.41, 5.74) is 0.268. The molecular formula is C15H19FN2O. The Balaban J connectivity index is 1.64. The van der Waals surface area contributed by atoms with Gasteiger partial charge in [-0.05, 0) is 37.3 Å². The van der Waals surface area contributed by atoms with Crippen LogP contribution in [-0.4, -0.2) is 18.0 Å². The maximum atomic E-state index is 13.5. The molecule has 3 atom stereocenters. The number of halogens is 1. The van der Waals surface area contributed by atoms with E-state index >= 15 is 0 Å². The first kappa shape index (κ1) is 12.6. The third-order valence-electron chi connectivity index (χ3n) is 4.31. The number of rotatable bonds is 2. The molecule has 1 amide bonds. The number of hydrogen-bond acceptors (Lipinski definition) is 2. The molecule has 1 aliphatic carbocycles. The number of hydrogen-bond donors (Lipinski definition) is 2. The summed E-state index contributed by atoms with van der Waals surface area (Å²) >= 11 is 0. The summed E-state index contributed by atoms with van der Waals surface area (Å²) in [6.07, 6.45) is 5.76. The second kappa shape index (κ2) is 5.29. The van der Waals surface area contributed by atoms with Crippen LogP contribution < -0.4 is 10.6 Å². The zero-order valence-electron chi connectivity index (χ0n) is 10.9. The highest BCUT2D eigenvalue weighted by Gasteiger charge is 2.38. The molecule has 1 saturated carbocycles. The summed E-state index contributed by atoms with van der Waals surface area (Å²) in [5.74, 6) is 0.121. The van der Waals surface area contributed by atoms with Gasteiger partial charge >= 0.3 is 0 Å². The number of carbonyl (C=O) groups excluding carboxylic acids is 1. The van der Waals surface area contributed by atoms with E-state index in [0.29, 0.717) is 12.0 Å². The lowest BCUT2D eigenvalue weighted by atomic mass is 9.85. The van der Waals surface area contributed by atoms with Gasteiger partial charge in [0.15, 0.2) is 0 Å². The predicted octanol–water partition coefficient (Wildman–Crippen LogP) is 2.68. The molecule has 2 fully saturated rings. The van der Waals surface area contributed by atoms with Crippen molar-refractivity contribution in [2.24, 2.45) is 5.92 Å². The summed E-state index contributed by atoms with van der Waals surface area (Å²) in [4.78, 5) is 12.2. The fourth-order valence-electron chi connectivity index (χ4n) is 3.30. The van der Waals surface area contributed by atoms with Crippen LogP contribution in [0.3, 0.4) is 0 Å². The van der Waals surface area contributed by atoms with E-state index in [0.717, 1.165) is 12.8 Å². The van der Waals surface area contributed by atoms with Gasteiger partial charge in [0.25, 0.3) is 0 Å². The molecule has 1 saturated heterocycles. The predicted molar refractivity (Wildman–Crippen MR) is 72.3 cm³/mol. The average molecular weight is 262 g/mol. The minimum absolute atomic E-state index is 0.112. The highest BCUT2D eigenvalue weighted by atomic mass is 19.1. The molecule has 1 heterocycles. The number of fused-ring (bicyclic) bond motifs is 1. The molecule has 1 aromatic carbocycles. The molecule has 0 spiro atoms. The van der Waals surface area contributed by atoms with Crippen LogP contribution in [0.5, 0.6) is 0 Å². The molecule has 19 heavy (non-hydrogen) atoms. The van der Waals surface area contributed by atoms with Gasteiger partial charge in [0.1, 0.15) is 5.82 Å². The Hall–Kier alpha value is -1.42. The highest BCUT2D eigenvalue weighted by molar-refractivity contribution is 5.95.